The van der Waals surface area contributed by atoms with Gasteiger partial charge in [-0.05, 0) is 6.92 Å². The monoisotopic (exact) mass is 305 g/mol. The number of aromatic nitrogens is 3. The van der Waals surface area contributed by atoms with Gasteiger partial charge < -0.3 is 9.05 Å². The van der Waals surface area contributed by atoms with Crippen LogP contribution in [0, 0.1) is 6.92 Å². The molecule has 0 unspecified atom stereocenters. The zero-order valence-electron chi connectivity index (χ0n) is 13.4. The van der Waals surface area contributed by atoms with E-state index in [0.29, 0.717) is 11.8 Å². The smallest absolute Gasteiger partial charge is 0.240 e. The average Bonchev–Trinajstić information content (AvgIpc) is 3.10. The van der Waals surface area contributed by atoms with Crippen molar-refractivity contribution in [2.45, 2.75) is 39.8 Å². The second-order valence-electron chi connectivity index (χ2n) is 6.18. The molecule has 0 spiro atoms. The van der Waals surface area contributed by atoms with E-state index in [1.54, 1.807) is 0 Å². The molecule has 3 heterocycles. The normalized spacial score (nSPS) is 17.5. The van der Waals surface area contributed by atoms with Crippen molar-refractivity contribution in [3.05, 3.63) is 29.2 Å². The van der Waals surface area contributed by atoms with Crippen molar-refractivity contribution in [3.8, 4) is 0 Å². The molecule has 1 aliphatic rings. The molecule has 0 N–H and O–H groups in total. The molecule has 0 aliphatic carbocycles. The van der Waals surface area contributed by atoms with Crippen molar-refractivity contribution in [1.29, 1.82) is 0 Å². The first-order chi connectivity index (χ1) is 10.6. The molecular weight excluding hydrogens is 282 g/mol. The molecule has 1 aliphatic heterocycles. The van der Waals surface area contributed by atoms with Crippen LogP contribution in [0.5, 0.6) is 0 Å². The summed E-state index contributed by atoms with van der Waals surface area (Å²) < 4.78 is 10.4. The molecule has 0 amide bonds. The van der Waals surface area contributed by atoms with Crippen LogP contribution in [0.3, 0.4) is 0 Å². The highest BCUT2D eigenvalue weighted by atomic mass is 16.5. The van der Waals surface area contributed by atoms with Crippen LogP contribution in [-0.4, -0.2) is 51.3 Å². The lowest BCUT2D eigenvalue weighted by atomic mass is 10.2. The van der Waals surface area contributed by atoms with Crippen LogP contribution in [-0.2, 0) is 13.1 Å². The first-order valence-corrected chi connectivity index (χ1v) is 7.79. The summed E-state index contributed by atoms with van der Waals surface area (Å²) in [5.74, 6) is 2.67. The molecule has 1 fully saturated rings. The van der Waals surface area contributed by atoms with Gasteiger partial charge in [0.1, 0.15) is 5.76 Å². The van der Waals surface area contributed by atoms with Crippen molar-refractivity contribution < 1.29 is 9.05 Å². The summed E-state index contributed by atoms with van der Waals surface area (Å²) in [6.45, 7) is 11.7. The summed E-state index contributed by atoms with van der Waals surface area (Å²) in [6, 6.07) is 2.00. The number of rotatable bonds is 5. The van der Waals surface area contributed by atoms with Gasteiger partial charge in [-0.3, -0.25) is 9.80 Å². The van der Waals surface area contributed by atoms with Gasteiger partial charge in [0.05, 0.1) is 12.2 Å². The largest absolute Gasteiger partial charge is 0.361 e. The third kappa shape index (κ3) is 3.72. The standard InChI is InChI=1S/C15H23N5O2/c1-11(2)15-16-14(22-18-15)10-20-6-4-19(5-7-20)9-13-8-12(3)21-17-13/h8,11H,4-7,9-10H2,1-3H3. The number of aryl methyl sites for hydroxylation is 1. The Labute approximate surface area is 130 Å². The van der Waals surface area contributed by atoms with Crippen molar-refractivity contribution in [2.75, 3.05) is 26.2 Å². The number of piperazine rings is 1. The van der Waals surface area contributed by atoms with E-state index in [1.807, 2.05) is 13.0 Å². The summed E-state index contributed by atoms with van der Waals surface area (Å²) >= 11 is 0. The van der Waals surface area contributed by atoms with Gasteiger partial charge in [0.2, 0.25) is 5.89 Å². The summed E-state index contributed by atoms with van der Waals surface area (Å²) in [5, 5.41) is 8.06. The third-order valence-electron chi connectivity index (χ3n) is 3.89. The highest BCUT2D eigenvalue weighted by molar-refractivity contribution is 5.03. The Morgan fingerprint density at radius 3 is 2.27 bits per heavy atom. The number of hydrogen-bond donors (Lipinski definition) is 0. The minimum absolute atomic E-state index is 0.306. The maximum absolute atomic E-state index is 5.32. The second kappa shape index (κ2) is 6.58. The van der Waals surface area contributed by atoms with Crippen LogP contribution in [0.4, 0.5) is 0 Å². The van der Waals surface area contributed by atoms with Crippen LogP contribution < -0.4 is 0 Å². The Kier molecular flexibility index (Phi) is 4.54. The Hall–Kier alpha value is -1.73. The van der Waals surface area contributed by atoms with Crippen LogP contribution in [0.25, 0.3) is 0 Å². The van der Waals surface area contributed by atoms with Crippen molar-refractivity contribution in [3.63, 3.8) is 0 Å². The maximum atomic E-state index is 5.32. The van der Waals surface area contributed by atoms with E-state index in [0.717, 1.165) is 56.5 Å². The van der Waals surface area contributed by atoms with Gasteiger partial charge >= 0.3 is 0 Å². The molecule has 3 rings (SSSR count). The first-order valence-electron chi connectivity index (χ1n) is 7.79. The third-order valence-corrected chi connectivity index (χ3v) is 3.89. The van der Waals surface area contributed by atoms with Crippen LogP contribution >= 0.6 is 0 Å². The van der Waals surface area contributed by atoms with Crippen molar-refractivity contribution in [2.24, 2.45) is 0 Å². The zero-order valence-corrected chi connectivity index (χ0v) is 13.4. The van der Waals surface area contributed by atoms with Crippen LogP contribution in [0.15, 0.2) is 15.1 Å². The molecule has 7 heteroatoms. The summed E-state index contributed by atoms with van der Waals surface area (Å²) in [5.41, 5.74) is 1.00. The fraction of sp³-hybridized carbons (Fsp3) is 0.667. The van der Waals surface area contributed by atoms with Gasteiger partial charge in [-0.1, -0.05) is 24.2 Å². The van der Waals surface area contributed by atoms with Crippen LogP contribution in [0.2, 0.25) is 0 Å². The molecule has 2 aromatic rings. The van der Waals surface area contributed by atoms with E-state index in [1.165, 1.54) is 0 Å². The Morgan fingerprint density at radius 2 is 1.73 bits per heavy atom. The van der Waals surface area contributed by atoms with Crippen molar-refractivity contribution >= 4 is 0 Å². The van der Waals surface area contributed by atoms with Gasteiger partial charge in [-0.25, -0.2) is 0 Å². The summed E-state index contributed by atoms with van der Waals surface area (Å²) in [4.78, 5) is 9.18. The van der Waals surface area contributed by atoms with E-state index in [-0.39, 0.29) is 0 Å². The topological polar surface area (TPSA) is 71.4 Å². The van der Waals surface area contributed by atoms with Crippen molar-refractivity contribution in [1.82, 2.24) is 25.1 Å². The fourth-order valence-electron chi connectivity index (χ4n) is 2.59. The van der Waals surface area contributed by atoms with E-state index in [2.05, 4.69) is 38.9 Å². The van der Waals surface area contributed by atoms with Gasteiger partial charge in [0.15, 0.2) is 5.82 Å². The predicted molar refractivity (Wildman–Crippen MR) is 80.2 cm³/mol. The molecule has 0 radical (unpaired) electrons. The molecule has 0 saturated carbocycles. The predicted octanol–water partition coefficient (Wildman–Crippen LogP) is 1.81. The SMILES string of the molecule is Cc1cc(CN2CCN(Cc3nc(C(C)C)no3)CC2)no1. The van der Waals surface area contributed by atoms with E-state index in [9.17, 15) is 0 Å². The molecule has 22 heavy (non-hydrogen) atoms. The lowest BCUT2D eigenvalue weighted by Gasteiger charge is -2.33. The van der Waals surface area contributed by atoms with Gasteiger partial charge in [-0.15, -0.1) is 0 Å². The highest BCUT2D eigenvalue weighted by Gasteiger charge is 2.20. The van der Waals surface area contributed by atoms with Gasteiger partial charge in [0, 0.05) is 44.7 Å². The average molecular weight is 305 g/mol. The second-order valence-corrected chi connectivity index (χ2v) is 6.18. The van der Waals surface area contributed by atoms with E-state index < -0.39 is 0 Å². The minimum Gasteiger partial charge on any atom is -0.361 e. The summed E-state index contributed by atoms with van der Waals surface area (Å²) in [7, 11) is 0. The molecule has 0 atom stereocenters. The highest BCUT2D eigenvalue weighted by Crippen LogP contribution is 2.13. The lowest BCUT2D eigenvalue weighted by Crippen LogP contribution is -2.45. The van der Waals surface area contributed by atoms with Crippen LogP contribution in [0.1, 0.15) is 42.9 Å². The Morgan fingerprint density at radius 1 is 1.05 bits per heavy atom. The molecular formula is C15H23N5O2. The Balaban J connectivity index is 1.47. The molecule has 120 valence electrons. The fourth-order valence-corrected chi connectivity index (χ4v) is 2.59. The minimum atomic E-state index is 0.306. The summed E-state index contributed by atoms with van der Waals surface area (Å²) in [6.07, 6.45) is 0. The molecule has 7 nitrogen and oxygen atoms in total. The lowest BCUT2D eigenvalue weighted by molar-refractivity contribution is 0.110. The maximum Gasteiger partial charge on any atom is 0.240 e. The first kappa shape index (κ1) is 15.2. The molecule has 2 aromatic heterocycles. The molecule has 0 bridgehead atoms. The van der Waals surface area contributed by atoms with E-state index in [4.69, 9.17) is 9.05 Å². The molecule has 0 aromatic carbocycles. The van der Waals surface area contributed by atoms with Gasteiger partial charge in [0.25, 0.3) is 0 Å². The number of nitrogens with zero attached hydrogens (tertiary/aromatic N) is 5. The number of hydrogen-bond acceptors (Lipinski definition) is 7. The van der Waals surface area contributed by atoms with Gasteiger partial charge in [-0.2, -0.15) is 4.98 Å². The quantitative estimate of drug-likeness (QED) is 0.834. The zero-order chi connectivity index (χ0) is 15.5. The molecule has 1 saturated heterocycles. The van der Waals surface area contributed by atoms with E-state index >= 15 is 0 Å². The Bertz CT molecular complexity index is 599.